The van der Waals surface area contributed by atoms with Crippen LogP contribution in [0.2, 0.25) is 0 Å². The van der Waals surface area contributed by atoms with Gasteiger partial charge < -0.3 is 9.15 Å². The molecule has 2 heterocycles. The van der Waals surface area contributed by atoms with E-state index in [9.17, 15) is 13.2 Å². The summed E-state index contributed by atoms with van der Waals surface area (Å²) < 4.78 is 36.7. The van der Waals surface area contributed by atoms with Crippen LogP contribution in [0.4, 0.5) is 5.13 Å². The molecule has 0 radical (unpaired) electrons. The summed E-state index contributed by atoms with van der Waals surface area (Å²) in [6.07, 6.45) is 0. The highest BCUT2D eigenvalue weighted by Crippen LogP contribution is 2.30. The number of sulfone groups is 1. The molecule has 7 nitrogen and oxygen atoms in total. The molecular weight excluding hydrogens is 412 g/mol. The largest absolute Gasteiger partial charge is 0.497 e. The number of carbonyl (C=O) groups is 1. The maximum absolute atomic E-state index is 12.7. The molecule has 148 valence electrons. The number of furan rings is 1. The first-order valence-corrected chi connectivity index (χ1v) is 10.8. The third kappa shape index (κ3) is 3.74. The Morgan fingerprint density at radius 1 is 1.10 bits per heavy atom. The first-order chi connectivity index (χ1) is 13.9. The minimum atomic E-state index is -3.84. The molecule has 0 fully saturated rings. The van der Waals surface area contributed by atoms with E-state index in [0.29, 0.717) is 16.4 Å². The van der Waals surface area contributed by atoms with Crippen molar-refractivity contribution in [3.8, 4) is 5.75 Å². The van der Waals surface area contributed by atoms with Crippen molar-refractivity contribution in [3.05, 3.63) is 65.9 Å². The lowest BCUT2D eigenvalue weighted by molar-refractivity contribution is 0.0991. The molecule has 9 heteroatoms. The van der Waals surface area contributed by atoms with Gasteiger partial charge in [0, 0.05) is 0 Å². The van der Waals surface area contributed by atoms with Crippen molar-refractivity contribution in [2.75, 3.05) is 12.4 Å². The van der Waals surface area contributed by atoms with E-state index < -0.39 is 15.7 Å². The molecule has 0 aliphatic carbocycles. The maximum atomic E-state index is 12.7. The van der Waals surface area contributed by atoms with Gasteiger partial charge in [-0.1, -0.05) is 29.0 Å². The monoisotopic (exact) mass is 428 g/mol. The molecule has 2 aromatic carbocycles. The fourth-order valence-electron chi connectivity index (χ4n) is 2.66. The van der Waals surface area contributed by atoms with E-state index in [0.717, 1.165) is 10.3 Å². The second-order valence-corrected chi connectivity index (χ2v) is 9.15. The third-order valence-corrected chi connectivity index (χ3v) is 6.79. The van der Waals surface area contributed by atoms with Gasteiger partial charge in [-0.15, -0.1) is 0 Å². The molecule has 0 atom stereocenters. The lowest BCUT2D eigenvalue weighted by Gasteiger charge is -2.02. The van der Waals surface area contributed by atoms with Crippen molar-refractivity contribution in [1.82, 2.24) is 4.98 Å². The van der Waals surface area contributed by atoms with E-state index in [1.807, 2.05) is 13.0 Å². The lowest BCUT2D eigenvalue weighted by atomic mass is 10.2. The molecule has 0 spiro atoms. The van der Waals surface area contributed by atoms with Crippen molar-refractivity contribution in [1.29, 1.82) is 0 Å². The Labute approximate surface area is 170 Å². The van der Waals surface area contributed by atoms with Crippen LogP contribution in [0.5, 0.6) is 5.75 Å². The van der Waals surface area contributed by atoms with Gasteiger partial charge in [-0.2, -0.15) is 0 Å². The molecule has 0 saturated carbocycles. The second-order valence-electron chi connectivity index (χ2n) is 6.24. The van der Waals surface area contributed by atoms with Crippen LogP contribution < -0.4 is 10.1 Å². The average Bonchev–Trinajstić information content (AvgIpc) is 3.35. The van der Waals surface area contributed by atoms with Crippen molar-refractivity contribution in [2.45, 2.75) is 16.9 Å². The molecule has 2 aromatic heterocycles. The van der Waals surface area contributed by atoms with Gasteiger partial charge in [0.2, 0.25) is 14.9 Å². The van der Waals surface area contributed by atoms with Crippen LogP contribution in [0, 0.1) is 6.92 Å². The van der Waals surface area contributed by atoms with E-state index in [1.54, 1.807) is 31.4 Å². The number of nitrogens with zero attached hydrogens (tertiary/aromatic N) is 1. The summed E-state index contributed by atoms with van der Waals surface area (Å²) in [5.41, 5.74) is 1.66. The van der Waals surface area contributed by atoms with Gasteiger partial charge in [-0.05, 0) is 49.4 Å². The normalized spacial score (nSPS) is 11.5. The summed E-state index contributed by atoms with van der Waals surface area (Å²) in [5, 5.41) is 2.72. The molecule has 0 aliphatic heterocycles. The zero-order chi connectivity index (χ0) is 20.6. The van der Waals surface area contributed by atoms with Crippen LogP contribution in [0.1, 0.15) is 16.1 Å². The predicted molar refractivity (Wildman–Crippen MR) is 109 cm³/mol. The highest BCUT2D eigenvalue weighted by molar-refractivity contribution is 7.91. The lowest BCUT2D eigenvalue weighted by Crippen LogP contribution is -2.10. The third-order valence-electron chi connectivity index (χ3n) is 4.22. The Hall–Kier alpha value is -3.17. The topological polar surface area (TPSA) is 98.5 Å². The molecule has 0 aliphatic rings. The fourth-order valence-corrected chi connectivity index (χ4v) is 4.73. The Kier molecular flexibility index (Phi) is 4.85. The number of hydrogen-bond donors (Lipinski definition) is 1. The summed E-state index contributed by atoms with van der Waals surface area (Å²) in [6.45, 7) is 1.86. The number of fused-ring (bicyclic) bond motifs is 1. The molecule has 0 unspecified atom stereocenters. The molecule has 29 heavy (non-hydrogen) atoms. The number of amides is 1. The maximum Gasteiger partial charge on any atom is 0.293 e. The number of benzene rings is 2. The number of methoxy groups -OCH3 is 1. The van der Waals surface area contributed by atoms with Gasteiger partial charge in [-0.25, -0.2) is 13.4 Å². The summed E-state index contributed by atoms with van der Waals surface area (Å²) in [4.78, 5) is 16.9. The van der Waals surface area contributed by atoms with E-state index in [4.69, 9.17) is 9.15 Å². The number of rotatable bonds is 5. The summed E-state index contributed by atoms with van der Waals surface area (Å²) in [5.74, 6) is -0.00934. The minimum Gasteiger partial charge on any atom is -0.497 e. The van der Waals surface area contributed by atoms with E-state index >= 15 is 0 Å². The van der Waals surface area contributed by atoms with Gasteiger partial charge in [0.25, 0.3) is 5.91 Å². The SMILES string of the molecule is COc1ccc2nc(NC(=O)c3ccc(S(=O)(=O)c4ccc(C)cc4)o3)sc2c1. The van der Waals surface area contributed by atoms with E-state index in [2.05, 4.69) is 10.3 Å². The van der Waals surface area contributed by atoms with Crippen molar-refractivity contribution in [2.24, 2.45) is 0 Å². The molecule has 1 N–H and O–H groups in total. The van der Waals surface area contributed by atoms with Crippen molar-refractivity contribution >= 4 is 42.4 Å². The molecule has 4 aromatic rings. The number of ether oxygens (including phenoxy) is 1. The molecule has 0 bridgehead atoms. The summed E-state index contributed by atoms with van der Waals surface area (Å²) in [7, 11) is -2.27. The predicted octanol–water partition coefficient (Wildman–Crippen LogP) is 4.29. The van der Waals surface area contributed by atoms with Crippen molar-refractivity contribution < 1.29 is 22.4 Å². The van der Waals surface area contributed by atoms with Gasteiger partial charge in [0.1, 0.15) is 5.75 Å². The molecule has 4 rings (SSSR count). The van der Waals surface area contributed by atoms with E-state index in [-0.39, 0.29) is 15.7 Å². The van der Waals surface area contributed by atoms with Crippen LogP contribution in [0.15, 0.2) is 69.0 Å². The Balaban J connectivity index is 1.56. The highest BCUT2D eigenvalue weighted by atomic mass is 32.2. The number of thiazole rings is 1. The molecule has 0 saturated heterocycles. The first kappa shape index (κ1) is 19.2. The van der Waals surface area contributed by atoms with Gasteiger partial charge in [0.15, 0.2) is 10.9 Å². The molecular formula is C20H16N2O5S2. The van der Waals surface area contributed by atoms with Crippen LogP contribution in [0.3, 0.4) is 0 Å². The molecule has 1 amide bonds. The smallest absolute Gasteiger partial charge is 0.293 e. The quantitative estimate of drug-likeness (QED) is 0.509. The van der Waals surface area contributed by atoms with Crippen LogP contribution in [0.25, 0.3) is 10.2 Å². The zero-order valence-electron chi connectivity index (χ0n) is 15.5. The van der Waals surface area contributed by atoms with Crippen LogP contribution >= 0.6 is 11.3 Å². The van der Waals surface area contributed by atoms with Crippen LogP contribution in [-0.4, -0.2) is 26.4 Å². The number of aromatic nitrogens is 1. The number of anilines is 1. The summed E-state index contributed by atoms with van der Waals surface area (Å²) in [6, 6.07) is 14.4. The first-order valence-electron chi connectivity index (χ1n) is 8.54. The Morgan fingerprint density at radius 2 is 1.86 bits per heavy atom. The fraction of sp³-hybridized carbons (Fsp3) is 0.100. The minimum absolute atomic E-state index is 0.101. The Morgan fingerprint density at radius 3 is 2.59 bits per heavy atom. The highest BCUT2D eigenvalue weighted by Gasteiger charge is 2.24. The van der Waals surface area contributed by atoms with Crippen LogP contribution in [-0.2, 0) is 9.84 Å². The van der Waals surface area contributed by atoms with Gasteiger partial charge in [-0.3, -0.25) is 10.1 Å². The number of carbonyl (C=O) groups excluding carboxylic acids is 1. The number of nitrogens with one attached hydrogen (secondary N) is 1. The van der Waals surface area contributed by atoms with E-state index in [1.165, 1.54) is 35.6 Å². The van der Waals surface area contributed by atoms with Gasteiger partial charge in [0.05, 0.1) is 22.2 Å². The van der Waals surface area contributed by atoms with Crippen molar-refractivity contribution in [3.63, 3.8) is 0 Å². The second kappa shape index (κ2) is 7.34. The number of aryl methyl sites for hydroxylation is 1. The van der Waals surface area contributed by atoms with Gasteiger partial charge >= 0.3 is 0 Å². The zero-order valence-corrected chi connectivity index (χ0v) is 17.1. The average molecular weight is 428 g/mol. The Bertz CT molecular complexity index is 1300. The standard InChI is InChI=1S/C20H16N2O5S2/c1-12-3-6-14(7-4-12)29(24,25)18-10-9-16(27-18)19(23)22-20-21-15-8-5-13(26-2)11-17(15)28-20/h3-11H,1-2H3,(H,21,22,23). The number of hydrogen-bond acceptors (Lipinski definition) is 7. The summed E-state index contributed by atoms with van der Waals surface area (Å²) >= 11 is 1.28.